The third-order valence-corrected chi connectivity index (χ3v) is 5.28. The Bertz CT molecular complexity index is 671. The first-order chi connectivity index (χ1) is 12.0. The van der Waals surface area contributed by atoms with Crippen molar-refractivity contribution in [2.24, 2.45) is 11.8 Å². The van der Waals surface area contributed by atoms with Gasteiger partial charge < -0.3 is 15.3 Å². The van der Waals surface area contributed by atoms with E-state index in [9.17, 15) is 14.4 Å². The number of carboxylic acid groups (broad SMARTS) is 1. The van der Waals surface area contributed by atoms with Crippen molar-refractivity contribution in [3.63, 3.8) is 0 Å². The molecule has 6 nitrogen and oxygen atoms in total. The van der Waals surface area contributed by atoms with Crippen molar-refractivity contribution in [2.75, 3.05) is 11.4 Å². The van der Waals surface area contributed by atoms with Crippen LogP contribution in [0, 0.1) is 11.8 Å². The zero-order valence-corrected chi connectivity index (χ0v) is 14.4. The first-order valence-corrected chi connectivity index (χ1v) is 8.90. The van der Waals surface area contributed by atoms with E-state index in [0.717, 1.165) is 12.1 Å². The van der Waals surface area contributed by atoms with Crippen LogP contribution in [0.3, 0.4) is 0 Å². The molecule has 3 atom stereocenters. The zero-order chi connectivity index (χ0) is 18.0. The standard InChI is InChI=1S/C19H24N2O4/c1-2-12-3-7-16(8-4-12)21-11-14(10-17(21)22)18(23)20-15-6-5-13(9-15)19(24)25/h3-4,7-8,13-15H,2,5-6,9-11H2,1H3,(H,20,23)(H,24,25)/t13-,14?,15+/m1/s1. The van der Waals surface area contributed by atoms with Crippen molar-refractivity contribution in [3.8, 4) is 0 Å². The average Bonchev–Trinajstić information content (AvgIpc) is 3.22. The summed E-state index contributed by atoms with van der Waals surface area (Å²) in [6, 6.07) is 7.75. The molecule has 1 saturated carbocycles. The molecule has 0 bridgehead atoms. The van der Waals surface area contributed by atoms with Gasteiger partial charge in [0.25, 0.3) is 0 Å². The fourth-order valence-electron chi connectivity index (χ4n) is 3.70. The predicted octanol–water partition coefficient (Wildman–Crippen LogP) is 1.97. The molecular weight excluding hydrogens is 320 g/mol. The summed E-state index contributed by atoms with van der Waals surface area (Å²) >= 11 is 0. The Morgan fingerprint density at radius 3 is 2.52 bits per heavy atom. The van der Waals surface area contributed by atoms with Gasteiger partial charge >= 0.3 is 5.97 Å². The molecule has 1 aromatic carbocycles. The highest BCUT2D eigenvalue weighted by molar-refractivity contribution is 6.00. The van der Waals surface area contributed by atoms with Crippen LogP contribution in [0.4, 0.5) is 5.69 Å². The van der Waals surface area contributed by atoms with Gasteiger partial charge in [-0.05, 0) is 43.4 Å². The van der Waals surface area contributed by atoms with E-state index in [1.807, 2.05) is 24.3 Å². The summed E-state index contributed by atoms with van der Waals surface area (Å²) in [6.07, 6.45) is 2.91. The molecule has 3 rings (SSSR count). The quantitative estimate of drug-likeness (QED) is 0.855. The highest BCUT2D eigenvalue weighted by atomic mass is 16.4. The fourth-order valence-corrected chi connectivity index (χ4v) is 3.70. The van der Waals surface area contributed by atoms with E-state index in [0.29, 0.717) is 25.8 Å². The molecule has 1 unspecified atom stereocenters. The molecule has 2 N–H and O–H groups in total. The van der Waals surface area contributed by atoms with E-state index >= 15 is 0 Å². The molecule has 0 spiro atoms. The number of nitrogens with one attached hydrogen (secondary N) is 1. The van der Waals surface area contributed by atoms with Gasteiger partial charge in [-0.1, -0.05) is 19.1 Å². The molecule has 2 amide bonds. The lowest BCUT2D eigenvalue weighted by Crippen LogP contribution is -2.39. The lowest BCUT2D eigenvalue weighted by molar-refractivity contribution is -0.141. The first kappa shape index (κ1) is 17.5. The van der Waals surface area contributed by atoms with Crippen LogP contribution in [0.25, 0.3) is 0 Å². The van der Waals surface area contributed by atoms with Gasteiger partial charge in [-0.15, -0.1) is 0 Å². The monoisotopic (exact) mass is 344 g/mol. The number of rotatable bonds is 5. The Morgan fingerprint density at radius 2 is 1.92 bits per heavy atom. The highest BCUT2D eigenvalue weighted by Gasteiger charge is 2.37. The van der Waals surface area contributed by atoms with Crippen LogP contribution < -0.4 is 10.2 Å². The molecule has 0 aromatic heterocycles. The maximum Gasteiger partial charge on any atom is 0.306 e. The van der Waals surface area contributed by atoms with Crippen LogP contribution in [0.15, 0.2) is 24.3 Å². The number of carbonyl (C=O) groups excluding carboxylic acids is 2. The number of aliphatic carboxylic acids is 1. The van der Waals surface area contributed by atoms with Gasteiger partial charge in [0.1, 0.15) is 0 Å². The van der Waals surface area contributed by atoms with Gasteiger partial charge in [-0.2, -0.15) is 0 Å². The Hall–Kier alpha value is -2.37. The summed E-state index contributed by atoms with van der Waals surface area (Å²) in [5.74, 6) is -1.72. The highest BCUT2D eigenvalue weighted by Crippen LogP contribution is 2.28. The third kappa shape index (κ3) is 3.83. The Labute approximate surface area is 147 Å². The van der Waals surface area contributed by atoms with Crippen molar-refractivity contribution in [2.45, 2.75) is 45.1 Å². The fraction of sp³-hybridized carbons (Fsp3) is 0.526. The van der Waals surface area contributed by atoms with Crippen molar-refractivity contribution in [1.82, 2.24) is 5.32 Å². The number of aryl methyl sites for hydroxylation is 1. The Morgan fingerprint density at radius 1 is 1.20 bits per heavy atom. The molecule has 1 saturated heterocycles. The Kier molecular flexibility index (Phi) is 5.06. The van der Waals surface area contributed by atoms with Gasteiger partial charge in [-0.25, -0.2) is 0 Å². The molecule has 1 heterocycles. The molecule has 2 fully saturated rings. The van der Waals surface area contributed by atoms with Gasteiger partial charge in [-0.3, -0.25) is 14.4 Å². The van der Waals surface area contributed by atoms with E-state index in [1.165, 1.54) is 5.56 Å². The third-order valence-electron chi connectivity index (χ3n) is 5.28. The van der Waals surface area contributed by atoms with E-state index < -0.39 is 5.97 Å². The van der Waals surface area contributed by atoms with Gasteiger partial charge in [0.15, 0.2) is 0 Å². The van der Waals surface area contributed by atoms with Crippen LogP contribution in [0.2, 0.25) is 0 Å². The maximum absolute atomic E-state index is 12.5. The summed E-state index contributed by atoms with van der Waals surface area (Å²) in [6.45, 7) is 2.46. The summed E-state index contributed by atoms with van der Waals surface area (Å²) in [4.78, 5) is 37.4. The van der Waals surface area contributed by atoms with E-state index in [2.05, 4.69) is 12.2 Å². The minimum Gasteiger partial charge on any atom is -0.481 e. The normalized spacial score (nSPS) is 26.0. The SMILES string of the molecule is CCc1ccc(N2CC(C(=O)N[C@H]3CC[C@@H](C(=O)O)C3)CC2=O)cc1. The summed E-state index contributed by atoms with van der Waals surface area (Å²) in [7, 11) is 0. The van der Waals surface area contributed by atoms with Crippen molar-refractivity contribution >= 4 is 23.5 Å². The van der Waals surface area contributed by atoms with Crippen molar-refractivity contribution in [1.29, 1.82) is 0 Å². The summed E-state index contributed by atoms with van der Waals surface area (Å²) in [5.41, 5.74) is 2.03. The lowest BCUT2D eigenvalue weighted by Gasteiger charge is -2.18. The predicted molar refractivity (Wildman–Crippen MR) is 93.2 cm³/mol. The molecule has 1 aliphatic heterocycles. The molecule has 0 radical (unpaired) electrons. The average molecular weight is 344 g/mol. The first-order valence-electron chi connectivity index (χ1n) is 8.90. The molecule has 1 aromatic rings. The number of hydrogen-bond acceptors (Lipinski definition) is 3. The topological polar surface area (TPSA) is 86.7 Å². The number of anilines is 1. The second kappa shape index (κ2) is 7.25. The van der Waals surface area contributed by atoms with Gasteiger partial charge in [0.05, 0.1) is 11.8 Å². The van der Waals surface area contributed by atoms with Crippen molar-refractivity contribution in [3.05, 3.63) is 29.8 Å². The van der Waals surface area contributed by atoms with Crippen molar-refractivity contribution < 1.29 is 19.5 Å². The van der Waals surface area contributed by atoms with E-state index in [-0.39, 0.29) is 36.1 Å². The number of carbonyl (C=O) groups is 3. The van der Waals surface area contributed by atoms with Crippen LogP contribution >= 0.6 is 0 Å². The molecule has 134 valence electrons. The lowest BCUT2D eigenvalue weighted by atomic mass is 10.1. The molecule has 2 aliphatic rings. The number of benzene rings is 1. The van der Waals surface area contributed by atoms with Gasteiger partial charge in [0, 0.05) is 24.7 Å². The van der Waals surface area contributed by atoms with Crippen LogP contribution in [-0.4, -0.2) is 35.5 Å². The van der Waals surface area contributed by atoms with Crippen LogP contribution in [0.5, 0.6) is 0 Å². The smallest absolute Gasteiger partial charge is 0.306 e. The largest absolute Gasteiger partial charge is 0.481 e. The second-order valence-corrected chi connectivity index (χ2v) is 6.98. The summed E-state index contributed by atoms with van der Waals surface area (Å²) in [5, 5.41) is 12.0. The molecule has 1 aliphatic carbocycles. The zero-order valence-electron chi connectivity index (χ0n) is 14.4. The number of nitrogens with zero attached hydrogens (tertiary/aromatic N) is 1. The minimum atomic E-state index is -0.797. The van der Waals surface area contributed by atoms with E-state index in [1.54, 1.807) is 4.90 Å². The second-order valence-electron chi connectivity index (χ2n) is 6.98. The summed E-state index contributed by atoms with van der Waals surface area (Å²) < 4.78 is 0. The molecule has 6 heteroatoms. The number of amides is 2. The number of carboxylic acids is 1. The van der Waals surface area contributed by atoms with E-state index in [4.69, 9.17) is 5.11 Å². The molecule has 25 heavy (non-hydrogen) atoms. The molecular formula is C19H24N2O4. The van der Waals surface area contributed by atoms with Crippen LogP contribution in [0.1, 0.15) is 38.2 Å². The Balaban J connectivity index is 1.58. The van der Waals surface area contributed by atoms with Gasteiger partial charge in [0.2, 0.25) is 11.8 Å². The van der Waals surface area contributed by atoms with Crippen LogP contribution in [-0.2, 0) is 20.8 Å². The minimum absolute atomic E-state index is 0.0424. The maximum atomic E-state index is 12.5. The number of hydrogen-bond donors (Lipinski definition) is 2.